The van der Waals surface area contributed by atoms with Crippen LogP contribution in [0.4, 0.5) is 4.79 Å². The van der Waals surface area contributed by atoms with Crippen molar-refractivity contribution in [3.63, 3.8) is 0 Å². The van der Waals surface area contributed by atoms with Gasteiger partial charge in [-0.3, -0.25) is 10.1 Å². The lowest BCUT2D eigenvalue weighted by Gasteiger charge is -2.17. The van der Waals surface area contributed by atoms with E-state index in [2.05, 4.69) is 37.5 Å². The third-order valence-electron chi connectivity index (χ3n) is 2.82. The number of hydrogen-bond acceptors (Lipinski definition) is 3. The molecule has 0 atom stereocenters. The maximum Gasteiger partial charge on any atom is 0.321 e. The molecule has 0 saturated carbocycles. The highest BCUT2D eigenvalue weighted by molar-refractivity contribution is 9.10. The maximum atomic E-state index is 11.4. The number of imide groups is 1. The van der Waals surface area contributed by atoms with Crippen molar-refractivity contribution in [2.24, 2.45) is 0 Å². The molecule has 0 saturated heterocycles. The molecule has 0 aliphatic heterocycles. The molecule has 20 heavy (non-hydrogen) atoms. The summed E-state index contributed by atoms with van der Waals surface area (Å²) in [6, 6.07) is 7.61. The Bertz CT molecular complexity index is 465. The summed E-state index contributed by atoms with van der Waals surface area (Å²) >= 11 is 3.52. The Balaban J connectivity index is 2.27. The Morgan fingerprint density at radius 3 is 2.65 bits per heavy atom. The molecular formula is C14H20BrN3O2. The van der Waals surface area contributed by atoms with Gasteiger partial charge in [0.25, 0.3) is 0 Å². The van der Waals surface area contributed by atoms with Crippen LogP contribution in [0.1, 0.15) is 18.4 Å². The lowest BCUT2D eigenvalue weighted by Crippen LogP contribution is -2.37. The molecule has 1 aromatic rings. The number of benzene rings is 1. The fourth-order valence-electron chi connectivity index (χ4n) is 1.76. The molecule has 2 N–H and O–H groups in total. The number of halogens is 1. The first-order chi connectivity index (χ1) is 9.52. The molecule has 1 aromatic carbocycles. The van der Waals surface area contributed by atoms with Crippen LogP contribution in [0.3, 0.4) is 0 Å². The van der Waals surface area contributed by atoms with E-state index in [1.165, 1.54) is 12.6 Å². The summed E-state index contributed by atoms with van der Waals surface area (Å²) in [4.78, 5) is 24.5. The average molecular weight is 342 g/mol. The minimum Gasteiger partial charge on any atom is -0.341 e. The van der Waals surface area contributed by atoms with Crippen molar-refractivity contribution in [3.8, 4) is 0 Å². The van der Waals surface area contributed by atoms with Crippen LogP contribution in [-0.2, 0) is 11.3 Å². The normalized spacial score (nSPS) is 10.4. The fourth-order valence-corrected chi connectivity index (χ4v) is 2.17. The largest absolute Gasteiger partial charge is 0.341 e. The van der Waals surface area contributed by atoms with Gasteiger partial charge in [0, 0.05) is 24.5 Å². The standard InChI is InChI=1S/C14H20BrN3O2/c1-16-14(20)17-13(19)8-5-9-18(2)10-11-6-3-4-7-12(11)15/h3-4,6-7H,5,8-10H2,1-2H3,(H2,16,17,19,20). The Morgan fingerprint density at radius 2 is 2.00 bits per heavy atom. The first-order valence-corrected chi connectivity index (χ1v) is 7.25. The minimum absolute atomic E-state index is 0.251. The van der Waals surface area contributed by atoms with Crippen molar-refractivity contribution in [2.45, 2.75) is 19.4 Å². The number of amides is 3. The van der Waals surface area contributed by atoms with E-state index in [-0.39, 0.29) is 5.91 Å². The zero-order valence-corrected chi connectivity index (χ0v) is 13.4. The maximum absolute atomic E-state index is 11.4. The summed E-state index contributed by atoms with van der Waals surface area (Å²) in [6.07, 6.45) is 1.05. The average Bonchev–Trinajstić information content (AvgIpc) is 2.41. The molecule has 0 spiro atoms. The van der Waals surface area contributed by atoms with E-state index in [1.807, 2.05) is 25.2 Å². The number of rotatable bonds is 6. The van der Waals surface area contributed by atoms with E-state index < -0.39 is 6.03 Å². The zero-order valence-electron chi connectivity index (χ0n) is 11.8. The molecule has 0 aliphatic carbocycles. The van der Waals surface area contributed by atoms with Gasteiger partial charge < -0.3 is 10.2 Å². The molecule has 3 amide bonds. The monoisotopic (exact) mass is 341 g/mol. The molecule has 1 rings (SSSR count). The van der Waals surface area contributed by atoms with E-state index in [4.69, 9.17) is 0 Å². The van der Waals surface area contributed by atoms with Crippen LogP contribution >= 0.6 is 15.9 Å². The SMILES string of the molecule is CNC(=O)NC(=O)CCCN(C)Cc1ccccc1Br. The molecule has 0 aliphatic rings. The van der Waals surface area contributed by atoms with Gasteiger partial charge in [0.1, 0.15) is 0 Å². The van der Waals surface area contributed by atoms with Gasteiger partial charge in [-0.25, -0.2) is 4.79 Å². The van der Waals surface area contributed by atoms with Crippen LogP contribution in [0.25, 0.3) is 0 Å². The highest BCUT2D eigenvalue weighted by Crippen LogP contribution is 2.17. The van der Waals surface area contributed by atoms with Crippen LogP contribution < -0.4 is 10.6 Å². The van der Waals surface area contributed by atoms with Gasteiger partial charge in [-0.1, -0.05) is 34.1 Å². The van der Waals surface area contributed by atoms with Gasteiger partial charge in [-0.2, -0.15) is 0 Å². The van der Waals surface area contributed by atoms with Gasteiger partial charge in [-0.15, -0.1) is 0 Å². The number of nitrogens with one attached hydrogen (secondary N) is 2. The molecule has 0 unspecified atom stereocenters. The van der Waals surface area contributed by atoms with Crippen LogP contribution in [0.15, 0.2) is 28.7 Å². The summed E-state index contributed by atoms with van der Waals surface area (Å²) < 4.78 is 1.09. The zero-order chi connectivity index (χ0) is 15.0. The van der Waals surface area contributed by atoms with Gasteiger partial charge >= 0.3 is 6.03 Å². The lowest BCUT2D eigenvalue weighted by atomic mass is 10.2. The van der Waals surface area contributed by atoms with Crippen LogP contribution in [0, 0.1) is 0 Å². The van der Waals surface area contributed by atoms with E-state index >= 15 is 0 Å². The highest BCUT2D eigenvalue weighted by Gasteiger charge is 2.07. The minimum atomic E-state index is -0.462. The van der Waals surface area contributed by atoms with Crippen LogP contribution in [0.5, 0.6) is 0 Å². The van der Waals surface area contributed by atoms with Crippen molar-refractivity contribution < 1.29 is 9.59 Å². The molecule has 0 heterocycles. The second-order valence-corrected chi connectivity index (χ2v) is 5.41. The number of hydrogen-bond donors (Lipinski definition) is 2. The van der Waals surface area contributed by atoms with Crippen molar-refractivity contribution in [3.05, 3.63) is 34.3 Å². The lowest BCUT2D eigenvalue weighted by molar-refractivity contribution is -0.120. The summed E-state index contributed by atoms with van der Waals surface area (Å²) in [5, 5.41) is 4.59. The second kappa shape index (κ2) is 8.71. The van der Waals surface area contributed by atoms with E-state index in [0.29, 0.717) is 12.8 Å². The molecule has 110 valence electrons. The molecule has 0 fully saturated rings. The molecule has 5 nitrogen and oxygen atoms in total. The molecule has 6 heteroatoms. The third kappa shape index (κ3) is 6.16. The van der Waals surface area contributed by atoms with Crippen molar-refractivity contribution in [1.82, 2.24) is 15.5 Å². The number of nitrogens with zero attached hydrogens (tertiary/aromatic N) is 1. The Morgan fingerprint density at radius 1 is 1.30 bits per heavy atom. The highest BCUT2D eigenvalue weighted by atomic mass is 79.9. The molecule has 0 radical (unpaired) electrons. The predicted molar refractivity (Wildman–Crippen MR) is 82.3 cm³/mol. The van der Waals surface area contributed by atoms with Crippen molar-refractivity contribution >= 4 is 27.9 Å². The first kappa shape index (κ1) is 16.7. The summed E-state index contributed by atoms with van der Waals surface area (Å²) in [6.45, 7) is 1.61. The molecule has 0 aromatic heterocycles. The van der Waals surface area contributed by atoms with Crippen molar-refractivity contribution in [1.29, 1.82) is 0 Å². The second-order valence-electron chi connectivity index (χ2n) is 4.56. The van der Waals surface area contributed by atoms with E-state index in [0.717, 1.165) is 17.6 Å². The Labute approximate surface area is 127 Å². The number of carbonyl (C=O) groups is 2. The quantitative estimate of drug-likeness (QED) is 0.833. The summed E-state index contributed by atoms with van der Waals surface area (Å²) in [7, 11) is 3.49. The number of carbonyl (C=O) groups excluding carboxylic acids is 2. The first-order valence-electron chi connectivity index (χ1n) is 6.46. The number of urea groups is 1. The van der Waals surface area contributed by atoms with Gasteiger partial charge in [0.2, 0.25) is 5.91 Å². The summed E-state index contributed by atoms with van der Waals surface area (Å²) in [5.74, 6) is -0.251. The van der Waals surface area contributed by atoms with E-state index in [1.54, 1.807) is 0 Å². The third-order valence-corrected chi connectivity index (χ3v) is 3.60. The molecular weight excluding hydrogens is 322 g/mol. The van der Waals surface area contributed by atoms with Crippen LogP contribution in [0.2, 0.25) is 0 Å². The van der Waals surface area contributed by atoms with Crippen molar-refractivity contribution in [2.75, 3.05) is 20.6 Å². The van der Waals surface area contributed by atoms with E-state index in [9.17, 15) is 9.59 Å². The smallest absolute Gasteiger partial charge is 0.321 e. The molecule has 0 bridgehead atoms. The van der Waals surface area contributed by atoms with Gasteiger partial charge in [-0.05, 0) is 31.6 Å². The topological polar surface area (TPSA) is 61.4 Å². The predicted octanol–water partition coefficient (Wildman–Crippen LogP) is 2.12. The van der Waals surface area contributed by atoms with Crippen LogP contribution in [-0.4, -0.2) is 37.5 Å². The van der Waals surface area contributed by atoms with Gasteiger partial charge in [0.15, 0.2) is 0 Å². The van der Waals surface area contributed by atoms with Gasteiger partial charge in [0.05, 0.1) is 0 Å². The fraction of sp³-hybridized carbons (Fsp3) is 0.429. The Hall–Kier alpha value is -1.40. The Kier molecular flexibility index (Phi) is 7.25. The summed E-state index contributed by atoms with van der Waals surface area (Å²) in [5.41, 5.74) is 1.21.